The number of rotatable bonds is 5. The lowest BCUT2D eigenvalue weighted by molar-refractivity contribution is -0.136. The second-order valence-electron chi connectivity index (χ2n) is 7.00. The number of hydrogen-bond acceptors (Lipinski definition) is 4. The number of carbonyl (C=O) groups is 2. The highest BCUT2D eigenvalue weighted by Gasteiger charge is 2.16. The Bertz CT molecular complexity index is 1150. The Morgan fingerprint density at radius 3 is 2.42 bits per heavy atom. The molecule has 2 N–H and O–H groups in total. The van der Waals surface area contributed by atoms with Crippen molar-refractivity contribution in [1.29, 1.82) is 0 Å². The van der Waals surface area contributed by atoms with Crippen molar-refractivity contribution in [1.82, 2.24) is 9.99 Å². The number of halogens is 1. The lowest BCUT2D eigenvalue weighted by Gasteiger charge is -2.10. The van der Waals surface area contributed by atoms with Gasteiger partial charge in [-0.2, -0.15) is 5.10 Å². The van der Waals surface area contributed by atoms with Gasteiger partial charge in [0.1, 0.15) is 5.75 Å². The molecule has 1 heterocycles. The molecule has 0 unspecified atom stereocenters. The molecule has 0 aliphatic carbocycles. The van der Waals surface area contributed by atoms with Gasteiger partial charge in [-0.3, -0.25) is 9.59 Å². The van der Waals surface area contributed by atoms with E-state index in [1.165, 1.54) is 13.3 Å². The molecule has 1 aromatic heterocycles. The summed E-state index contributed by atoms with van der Waals surface area (Å²) in [5.74, 6) is -1.24. The van der Waals surface area contributed by atoms with Crippen LogP contribution in [0.5, 0.6) is 5.75 Å². The molecule has 2 aromatic carbocycles. The van der Waals surface area contributed by atoms with E-state index in [4.69, 9.17) is 4.74 Å². The minimum absolute atomic E-state index is 0.421. The lowest BCUT2D eigenvalue weighted by atomic mass is 10.2. The number of aryl methyl sites for hydroxylation is 2. The van der Waals surface area contributed by atoms with Crippen molar-refractivity contribution in [3.05, 3.63) is 75.5 Å². The van der Waals surface area contributed by atoms with Crippen LogP contribution in [-0.2, 0) is 9.59 Å². The molecule has 3 aromatic rings. The maximum absolute atomic E-state index is 12.2. The number of aromatic nitrogens is 1. The summed E-state index contributed by atoms with van der Waals surface area (Å²) >= 11 is 3.44. The number of hydrazone groups is 1. The van der Waals surface area contributed by atoms with Crippen LogP contribution in [0.25, 0.3) is 5.69 Å². The van der Waals surface area contributed by atoms with Gasteiger partial charge in [-0.25, -0.2) is 5.43 Å². The summed E-state index contributed by atoms with van der Waals surface area (Å²) in [6.45, 7) is 5.84. The van der Waals surface area contributed by atoms with E-state index in [0.29, 0.717) is 11.4 Å². The second-order valence-corrected chi connectivity index (χ2v) is 7.91. The van der Waals surface area contributed by atoms with Gasteiger partial charge in [0.05, 0.1) is 19.0 Å². The van der Waals surface area contributed by atoms with Gasteiger partial charge in [-0.1, -0.05) is 22.0 Å². The summed E-state index contributed by atoms with van der Waals surface area (Å²) in [6, 6.07) is 15.2. The largest absolute Gasteiger partial charge is 0.495 e. The first-order chi connectivity index (χ1) is 14.8. The van der Waals surface area contributed by atoms with E-state index in [0.717, 1.165) is 32.7 Å². The maximum atomic E-state index is 12.2. The number of anilines is 1. The van der Waals surface area contributed by atoms with Crippen molar-refractivity contribution in [2.24, 2.45) is 5.10 Å². The van der Waals surface area contributed by atoms with E-state index in [1.54, 1.807) is 12.1 Å². The molecule has 31 heavy (non-hydrogen) atoms. The summed E-state index contributed by atoms with van der Waals surface area (Å²) in [5.41, 5.74) is 7.46. The molecule has 2 amide bonds. The molecule has 8 heteroatoms. The molecule has 0 saturated carbocycles. The standard InChI is InChI=1S/C23H23BrN4O3/c1-14-5-10-21(31-4)20(11-14)26-22(29)23(30)27-25-13-17-12-15(2)28(16(17)3)19-8-6-18(24)7-9-19/h5-13H,1-4H3,(H,26,29)(H,27,30)/b25-13-. The number of nitrogens with one attached hydrogen (secondary N) is 2. The van der Waals surface area contributed by atoms with Crippen molar-refractivity contribution >= 4 is 39.6 Å². The van der Waals surface area contributed by atoms with E-state index in [-0.39, 0.29) is 0 Å². The highest BCUT2D eigenvalue weighted by atomic mass is 79.9. The number of benzene rings is 2. The Kier molecular flexibility index (Phi) is 6.91. The predicted octanol–water partition coefficient (Wildman–Crippen LogP) is 4.26. The van der Waals surface area contributed by atoms with Crippen molar-refractivity contribution in [3.8, 4) is 11.4 Å². The van der Waals surface area contributed by atoms with Crippen LogP contribution < -0.4 is 15.5 Å². The predicted molar refractivity (Wildman–Crippen MR) is 125 cm³/mol. The second kappa shape index (κ2) is 9.61. The zero-order valence-electron chi connectivity index (χ0n) is 17.7. The third-order valence-corrected chi connectivity index (χ3v) is 5.26. The van der Waals surface area contributed by atoms with Crippen LogP contribution in [0.4, 0.5) is 5.69 Å². The summed E-state index contributed by atoms with van der Waals surface area (Å²) in [4.78, 5) is 24.4. The number of methoxy groups -OCH3 is 1. The SMILES string of the molecule is COc1ccc(C)cc1NC(=O)C(=O)N/N=C\c1cc(C)n(-c2ccc(Br)cc2)c1C. The molecule has 0 spiro atoms. The van der Waals surface area contributed by atoms with E-state index >= 15 is 0 Å². The first kappa shape index (κ1) is 22.3. The van der Waals surface area contributed by atoms with Crippen LogP contribution >= 0.6 is 15.9 Å². The first-order valence-electron chi connectivity index (χ1n) is 9.54. The van der Waals surface area contributed by atoms with Gasteiger partial charge in [-0.15, -0.1) is 0 Å². The number of ether oxygens (including phenoxy) is 1. The average Bonchev–Trinajstić information content (AvgIpc) is 3.02. The van der Waals surface area contributed by atoms with Crippen molar-refractivity contribution in [2.45, 2.75) is 20.8 Å². The van der Waals surface area contributed by atoms with Crippen LogP contribution in [0.1, 0.15) is 22.5 Å². The monoisotopic (exact) mass is 482 g/mol. The fourth-order valence-corrected chi connectivity index (χ4v) is 3.48. The lowest BCUT2D eigenvalue weighted by Crippen LogP contribution is -2.32. The smallest absolute Gasteiger partial charge is 0.329 e. The Morgan fingerprint density at radius 2 is 1.74 bits per heavy atom. The quantitative estimate of drug-likeness (QED) is 0.323. The molecule has 0 aliphatic rings. The third-order valence-electron chi connectivity index (χ3n) is 4.73. The van der Waals surface area contributed by atoms with Crippen molar-refractivity contribution < 1.29 is 14.3 Å². The van der Waals surface area contributed by atoms with E-state index in [1.807, 2.05) is 57.2 Å². The van der Waals surface area contributed by atoms with Gasteiger partial charge in [0, 0.05) is 27.1 Å². The first-order valence-corrected chi connectivity index (χ1v) is 10.3. The topological polar surface area (TPSA) is 84.7 Å². The molecular weight excluding hydrogens is 460 g/mol. The van der Waals surface area contributed by atoms with Gasteiger partial charge in [0.25, 0.3) is 0 Å². The molecule has 0 bridgehead atoms. The van der Waals surface area contributed by atoms with Crippen LogP contribution in [0, 0.1) is 20.8 Å². The highest BCUT2D eigenvalue weighted by Crippen LogP contribution is 2.25. The minimum Gasteiger partial charge on any atom is -0.495 e. The number of nitrogens with zero attached hydrogens (tertiary/aromatic N) is 2. The zero-order valence-corrected chi connectivity index (χ0v) is 19.3. The summed E-state index contributed by atoms with van der Waals surface area (Å²) in [7, 11) is 1.50. The maximum Gasteiger partial charge on any atom is 0.329 e. The number of amides is 2. The third kappa shape index (κ3) is 5.21. The van der Waals surface area contributed by atoms with Crippen molar-refractivity contribution in [3.63, 3.8) is 0 Å². The average molecular weight is 483 g/mol. The van der Waals surface area contributed by atoms with E-state index in [9.17, 15) is 9.59 Å². The van der Waals surface area contributed by atoms with Gasteiger partial charge in [-0.05, 0) is 68.8 Å². The molecular formula is C23H23BrN4O3. The van der Waals surface area contributed by atoms with Gasteiger partial charge in [0.2, 0.25) is 0 Å². The van der Waals surface area contributed by atoms with Crippen LogP contribution in [-0.4, -0.2) is 29.7 Å². The summed E-state index contributed by atoms with van der Waals surface area (Å²) in [6.07, 6.45) is 1.52. The van der Waals surface area contributed by atoms with Crippen molar-refractivity contribution in [2.75, 3.05) is 12.4 Å². The molecule has 160 valence electrons. The van der Waals surface area contributed by atoms with Crippen LogP contribution in [0.15, 0.2) is 58.1 Å². The fourth-order valence-electron chi connectivity index (χ4n) is 3.22. The molecule has 0 saturated heterocycles. The Labute approximate surface area is 189 Å². The van der Waals surface area contributed by atoms with E-state index < -0.39 is 11.8 Å². The molecule has 3 rings (SSSR count). The molecule has 0 fully saturated rings. The molecule has 0 aliphatic heterocycles. The minimum atomic E-state index is -0.874. The summed E-state index contributed by atoms with van der Waals surface area (Å²) in [5, 5.41) is 6.49. The molecule has 0 radical (unpaired) electrons. The zero-order chi connectivity index (χ0) is 22.5. The van der Waals surface area contributed by atoms with Gasteiger partial charge in [0.15, 0.2) is 0 Å². The van der Waals surface area contributed by atoms with Gasteiger partial charge < -0.3 is 14.6 Å². The normalized spacial score (nSPS) is 10.9. The molecule has 7 nitrogen and oxygen atoms in total. The van der Waals surface area contributed by atoms with Crippen LogP contribution in [0.3, 0.4) is 0 Å². The summed E-state index contributed by atoms with van der Waals surface area (Å²) < 4.78 is 8.30. The van der Waals surface area contributed by atoms with E-state index in [2.05, 4.69) is 36.3 Å². The molecule has 0 atom stereocenters. The highest BCUT2D eigenvalue weighted by molar-refractivity contribution is 9.10. The Hall–Kier alpha value is -3.39. The van der Waals surface area contributed by atoms with Gasteiger partial charge >= 0.3 is 11.8 Å². The van der Waals surface area contributed by atoms with Crippen LogP contribution in [0.2, 0.25) is 0 Å². The fraction of sp³-hybridized carbons (Fsp3) is 0.174. The number of hydrogen-bond donors (Lipinski definition) is 2. The Balaban J connectivity index is 1.69. The Morgan fingerprint density at radius 1 is 1.03 bits per heavy atom. The number of carbonyl (C=O) groups excluding carboxylic acids is 2.